The highest BCUT2D eigenvalue weighted by Crippen LogP contribution is 2.33. The van der Waals surface area contributed by atoms with Crippen LogP contribution in [-0.4, -0.2) is 17.8 Å². The van der Waals surface area contributed by atoms with Crippen LogP contribution in [0.5, 0.6) is 0 Å². The van der Waals surface area contributed by atoms with Gasteiger partial charge in [0.15, 0.2) is 0 Å². The lowest BCUT2D eigenvalue weighted by Crippen LogP contribution is -2.16. The summed E-state index contributed by atoms with van der Waals surface area (Å²) in [7, 11) is 0. The predicted molar refractivity (Wildman–Crippen MR) is 56.6 cm³/mol. The Bertz CT molecular complexity index is 366. The summed E-state index contributed by atoms with van der Waals surface area (Å²) in [4.78, 5) is 0. The molecule has 0 saturated heterocycles. The molecular weight excluding hydrogens is 243 g/mol. The molecule has 0 aromatic heterocycles. The van der Waals surface area contributed by atoms with E-state index in [2.05, 4.69) is 5.32 Å². The fourth-order valence-corrected chi connectivity index (χ4v) is 1.28. The van der Waals surface area contributed by atoms with Crippen molar-refractivity contribution in [3.63, 3.8) is 0 Å². The maximum atomic E-state index is 12.4. The molecule has 6 heteroatoms. The SMILES string of the molecule is C[C@@H](O)CNc1cc(C(F)(F)F)ccc1Cl. The van der Waals surface area contributed by atoms with Gasteiger partial charge in [-0.1, -0.05) is 11.6 Å². The normalized spacial score (nSPS) is 13.6. The number of aliphatic hydroxyl groups excluding tert-OH is 1. The van der Waals surface area contributed by atoms with Crippen molar-refractivity contribution < 1.29 is 18.3 Å². The molecule has 2 N–H and O–H groups in total. The van der Waals surface area contributed by atoms with Gasteiger partial charge in [0.2, 0.25) is 0 Å². The van der Waals surface area contributed by atoms with Crippen LogP contribution in [0.3, 0.4) is 0 Å². The van der Waals surface area contributed by atoms with Crippen LogP contribution in [0.4, 0.5) is 18.9 Å². The quantitative estimate of drug-likeness (QED) is 0.867. The second-order valence-electron chi connectivity index (χ2n) is 3.42. The number of rotatable bonds is 3. The highest BCUT2D eigenvalue weighted by molar-refractivity contribution is 6.33. The van der Waals surface area contributed by atoms with Crippen LogP contribution in [0.15, 0.2) is 18.2 Å². The molecule has 0 spiro atoms. The molecular formula is C10H11ClF3NO. The summed E-state index contributed by atoms with van der Waals surface area (Å²) in [5, 5.41) is 11.8. The molecule has 0 bridgehead atoms. The van der Waals surface area contributed by atoms with Crippen LogP contribution in [0, 0.1) is 0 Å². The summed E-state index contributed by atoms with van der Waals surface area (Å²) < 4.78 is 37.1. The Morgan fingerprint density at radius 2 is 2.06 bits per heavy atom. The maximum absolute atomic E-state index is 12.4. The lowest BCUT2D eigenvalue weighted by atomic mass is 10.2. The zero-order valence-electron chi connectivity index (χ0n) is 8.48. The van der Waals surface area contributed by atoms with Gasteiger partial charge in [0.25, 0.3) is 0 Å². The fourth-order valence-electron chi connectivity index (χ4n) is 1.09. The summed E-state index contributed by atoms with van der Waals surface area (Å²) in [5.74, 6) is 0. The first kappa shape index (κ1) is 13.1. The van der Waals surface area contributed by atoms with E-state index in [1.54, 1.807) is 0 Å². The molecule has 0 unspecified atom stereocenters. The van der Waals surface area contributed by atoms with Crippen LogP contribution in [0.1, 0.15) is 12.5 Å². The molecule has 0 fully saturated rings. The van der Waals surface area contributed by atoms with Crippen LogP contribution in [0.25, 0.3) is 0 Å². The van der Waals surface area contributed by atoms with E-state index < -0.39 is 17.8 Å². The predicted octanol–water partition coefficient (Wildman–Crippen LogP) is 3.15. The second-order valence-corrected chi connectivity index (χ2v) is 3.83. The Kier molecular flexibility index (Phi) is 4.04. The number of halogens is 4. The first-order valence-electron chi connectivity index (χ1n) is 4.59. The van der Waals surface area contributed by atoms with Crippen LogP contribution in [-0.2, 0) is 6.18 Å². The van der Waals surface area contributed by atoms with Gasteiger partial charge >= 0.3 is 6.18 Å². The number of nitrogens with one attached hydrogen (secondary N) is 1. The largest absolute Gasteiger partial charge is 0.416 e. The summed E-state index contributed by atoms with van der Waals surface area (Å²) in [5.41, 5.74) is -0.609. The van der Waals surface area contributed by atoms with Crippen molar-refractivity contribution in [3.05, 3.63) is 28.8 Å². The van der Waals surface area contributed by atoms with Crippen molar-refractivity contribution in [2.24, 2.45) is 0 Å². The molecule has 1 atom stereocenters. The molecule has 0 aliphatic heterocycles. The van der Waals surface area contributed by atoms with Gasteiger partial charge < -0.3 is 10.4 Å². The van der Waals surface area contributed by atoms with Gasteiger partial charge in [-0.3, -0.25) is 0 Å². The molecule has 0 amide bonds. The zero-order valence-corrected chi connectivity index (χ0v) is 9.23. The standard InChI is InChI=1S/C10H11ClF3NO/c1-6(16)5-15-9-4-7(10(12,13)14)2-3-8(9)11/h2-4,6,15-16H,5H2,1H3/t6-/m1/s1. The molecule has 1 aromatic rings. The van der Waals surface area contributed by atoms with Gasteiger partial charge in [0.1, 0.15) is 0 Å². The van der Waals surface area contributed by atoms with Gasteiger partial charge in [-0.05, 0) is 25.1 Å². The molecule has 0 aliphatic carbocycles. The first-order valence-corrected chi connectivity index (χ1v) is 4.97. The monoisotopic (exact) mass is 253 g/mol. The third-order valence-corrected chi connectivity index (χ3v) is 2.21. The average Bonchev–Trinajstić information content (AvgIpc) is 2.14. The van der Waals surface area contributed by atoms with Crippen molar-refractivity contribution in [1.29, 1.82) is 0 Å². The van der Waals surface area contributed by atoms with Crippen molar-refractivity contribution in [3.8, 4) is 0 Å². The molecule has 2 nitrogen and oxygen atoms in total. The smallest absolute Gasteiger partial charge is 0.392 e. The zero-order chi connectivity index (χ0) is 12.3. The second kappa shape index (κ2) is 4.93. The summed E-state index contributed by atoms with van der Waals surface area (Å²) in [6.07, 6.45) is -5.06. The van der Waals surface area contributed by atoms with E-state index in [9.17, 15) is 13.2 Å². The lowest BCUT2D eigenvalue weighted by molar-refractivity contribution is -0.137. The van der Waals surface area contributed by atoms with Gasteiger partial charge in [0.05, 0.1) is 22.4 Å². The van der Waals surface area contributed by atoms with E-state index in [0.29, 0.717) is 0 Å². The number of benzene rings is 1. The molecule has 0 aliphatic rings. The summed E-state index contributed by atoms with van der Waals surface area (Å²) in [6.45, 7) is 1.66. The number of alkyl halides is 3. The minimum absolute atomic E-state index is 0.140. The Labute approximate surface area is 96.0 Å². The molecule has 0 saturated carbocycles. The van der Waals surface area contributed by atoms with Crippen molar-refractivity contribution in [2.45, 2.75) is 19.2 Å². The molecule has 0 radical (unpaired) electrons. The minimum Gasteiger partial charge on any atom is -0.392 e. The highest BCUT2D eigenvalue weighted by atomic mass is 35.5. The first-order chi connectivity index (χ1) is 7.30. The number of hydrogen-bond donors (Lipinski definition) is 2. The van der Waals surface area contributed by atoms with Gasteiger partial charge in [-0.15, -0.1) is 0 Å². The number of hydrogen-bond acceptors (Lipinski definition) is 2. The number of aliphatic hydroxyl groups is 1. The molecule has 0 heterocycles. The lowest BCUT2D eigenvalue weighted by Gasteiger charge is -2.13. The Morgan fingerprint density at radius 3 is 2.56 bits per heavy atom. The third-order valence-electron chi connectivity index (χ3n) is 1.88. The molecule has 16 heavy (non-hydrogen) atoms. The van der Waals surface area contributed by atoms with E-state index in [0.717, 1.165) is 12.1 Å². The topological polar surface area (TPSA) is 32.3 Å². The van der Waals surface area contributed by atoms with Crippen molar-refractivity contribution >= 4 is 17.3 Å². The molecule has 1 rings (SSSR count). The van der Waals surface area contributed by atoms with Crippen LogP contribution in [0.2, 0.25) is 5.02 Å². The van der Waals surface area contributed by atoms with Gasteiger partial charge in [0, 0.05) is 6.54 Å². The summed E-state index contributed by atoms with van der Waals surface area (Å²) >= 11 is 5.72. The Morgan fingerprint density at radius 1 is 1.44 bits per heavy atom. The van der Waals surface area contributed by atoms with E-state index >= 15 is 0 Å². The van der Waals surface area contributed by atoms with E-state index in [-0.39, 0.29) is 17.3 Å². The van der Waals surface area contributed by atoms with E-state index in [1.807, 2.05) is 0 Å². The van der Waals surface area contributed by atoms with E-state index in [1.165, 1.54) is 13.0 Å². The number of anilines is 1. The fraction of sp³-hybridized carbons (Fsp3) is 0.400. The summed E-state index contributed by atoms with van der Waals surface area (Å²) in [6, 6.07) is 3.01. The Hall–Kier alpha value is -0.940. The average molecular weight is 254 g/mol. The Balaban J connectivity index is 2.91. The minimum atomic E-state index is -4.40. The molecule has 90 valence electrons. The van der Waals surface area contributed by atoms with Crippen LogP contribution >= 0.6 is 11.6 Å². The third kappa shape index (κ3) is 3.57. The molecule has 1 aromatic carbocycles. The maximum Gasteiger partial charge on any atom is 0.416 e. The van der Waals surface area contributed by atoms with Gasteiger partial charge in [-0.2, -0.15) is 13.2 Å². The highest BCUT2D eigenvalue weighted by Gasteiger charge is 2.30. The van der Waals surface area contributed by atoms with E-state index in [4.69, 9.17) is 16.7 Å². The van der Waals surface area contributed by atoms with Gasteiger partial charge in [-0.25, -0.2) is 0 Å². The van der Waals surface area contributed by atoms with Crippen molar-refractivity contribution in [2.75, 3.05) is 11.9 Å². The van der Waals surface area contributed by atoms with Crippen molar-refractivity contribution in [1.82, 2.24) is 0 Å². The van der Waals surface area contributed by atoms with Crippen LogP contribution < -0.4 is 5.32 Å².